The zero-order valence-corrected chi connectivity index (χ0v) is 20.5. The summed E-state index contributed by atoms with van der Waals surface area (Å²) in [6.07, 6.45) is 4.03. The van der Waals surface area contributed by atoms with Gasteiger partial charge in [0.1, 0.15) is 11.6 Å². The van der Waals surface area contributed by atoms with Crippen LogP contribution in [0.15, 0.2) is 53.7 Å². The first-order valence-corrected chi connectivity index (χ1v) is 12.0. The van der Waals surface area contributed by atoms with E-state index in [2.05, 4.69) is 53.0 Å². The number of hydrogen-bond donors (Lipinski definition) is 1. The van der Waals surface area contributed by atoms with Crippen molar-refractivity contribution in [3.63, 3.8) is 0 Å². The van der Waals surface area contributed by atoms with Gasteiger partial charge in [0.25, 0.3) is 0 Å². The summed E-state index contributed by atoms with van der Waals surface area (Å²) in [6, 6.07) is 10.4. The number of aromatic amines is 1. The highest BCUT2D eigenvalue weighted by atomic mass is 35.5. The Kier molecular flexibility index (Phi) is 5.86. The molecular weight excluding hydrogens is 475 g/mol. The van der Waals surface area contributed by atoms with Gasteiger partial charge in [-0.15, -0.1) is 0 Å². The third kappa shape index (κ3) is 4.20. The molecule has 183 valence electrons. The Hall–Kier alpha value is -2.93. The fourth-order valence-electron chi connectivity index (χ4n) is 5.15. The van der Waals surface area contributed by atoms with Crippen LogP contribution in [0.3, 0.4) is 0 Å². The molecule has 5 rings (SSSR count). The molecule has 1 N–H and O–H groups in total. The van der Waals surface area contributed by atoms with E-state index in [-0.39, 0.29) is 16.5 Å². The minimum absolute atomic E-state index is 0.105. The number of fused-ring (bicyclic) bond motifs is 1. The van der Waals surface area contributed by atoms with Crippen LogP contribution < -0.4 is 4.74 Å². The van der Waals surface area contributed by atoms with Gasteiger partial charge in [-0.25, -0.2) is 4.98 Å². The molecule has 0 amide bonds. The van der Waals surface area contributed by atoms with Crippen molar-refractivity contribution in [1.29, 1.82) is 0 Å². The van der Waals surface area contributed by atoms with Gasteiger partial charge >= 0.3 is 6.18 Å². The molecular formula is C27H26ClF3N3O. The van der Waals surface area contributed by atoms with Gasteiger partial charge in [0.2, 0.25) is 0 Å². The number of methoxy groups -OCH3 is 1. The largest absolute Gasteiger partial charge is 0.497 e. The molecule has 0 spiro atoms. The van der Waals surface area contributed by atoms with Gasteiger partial charge in [0.05, 0.1) is 34.3 Å². The van der Waals surface area contributed by atoms with Crippen molar-refractivity contribution in [2.45, 2.75) is 50.7 Å². The summed E-state index contributed by atoms with van der Waals surface area (Å²) in [7, 11) is 1.65. The lowest BCUT2D eigenvalue weighted by atomic mass is 9.87. The van der Waals surface area contributed by atoms with Gasteiger partial charge < -0.3 is 14.6 Å². The summed E-state index contributed by atoms with van der Waals surface area (Å²) < 4.78 is 45.4. The average Bonchev–Trinajstić information content (AvgIpc) is 3.42. The quantitative estimate of drug-likeness (QED) is 0.406. The zero-order chi connectivity index (χ0) is 25.0. The standard InChI is InChI=1S/C27H26ClF3N3O/c1-16-5-6-18(17-7-9-19(35-3)10-8-17)13-24(16)34-12-4-11-26(34,2)25-32-22-14-20(27(29,30)31)21(28)15-23(22)33-25/h5,7-10,14-15,18H,4,6,11-12H2,1-3H3,(H,32,33)/t18?,26-/m0/s1. The van der Waals surface area contributed by atoms with Crippen LogP contribution in [0.5, 0.6) is 5.75 Å². The summed E-state index contributed by atoms with van der Waals surface area (Å²) >= 11 is 5.95. The van der Waals surface area contributed by atoms with Crippen molar-refractivity contribution < 1.29 is 17.9 Å². The predicted octanol–water partition coefficient (Wildman–Crippen LogP) is 7.38. The number of halogens is 4. The van der Waals surface area contributed by atoms with Crippen LogP contribution in [-0.4, -0.2) is 28.5 Å². The molecule has 8 heteroatoms. The number of hydrogen-bond acceptors (Lipinski definition) is 3. The summed E-state index contributed by atoms with van der Waals surface area (Å²) in [5.41, 5.74) is 2.69. The van der Waals surface area contributed by atoms with Crippen LogP contribution >= 0.6 is 11.6 Å². The lowest BCUT2D eigenvalue weighted by Gasteiger charge is -2.39. The molecule has 0 bridgehead atoms. The number of ether oxygens (including phenoxy) is 1. The number of nitrogens with one attached hydrogen (secondary N) is 1. The number of nitrogens with zero attached hydrogens (tertiary/aromatic N) is 2. The molecule has 2 heterocycles. The highest BCUT2D eigenvalue weighted by molar-refractivity contribution is 6.32. The molecule has 1 aliphatic carbocycles. The summed E-state index contributed by atoms with van der Waals surface area (Å²) in [4.78, 5) is 10.2. The topological polar surface area (TPSA) is 41.1 Å². The van der Waals surface area contributed by atoms with Crippen LogP contribution in [0.25, 0.3) is 11.0 Å². The molecule has 1 saturated heterocycles. The minimum Gasteiger partial charge on any atom is -0.497 e. The Morgan fingerprint density at radius 1 is 1.23 bits per heavy atom. The third-order valence-corrected chi connectivity index (χ3v) is 7.47. The summed E-state index contributed by atoms with van der Waals surface area (Å²) in [6.45, 7) is 4.98. The molecule has 4 nitrogen and oxygen atoms in total. The zero-order valence-electron chi connectivity index (χ0n) is 19.8. The van der Waals surface area contributed by atoms with Gasteiger partial charge in [0.15, 0.2) is 0 Å². The van der Waals surface area contributed by atoms with Gasteiger partial charge in [-0.2, -0.15) is 13.2 Å². The SMILES string of the molecule is COc1ccc(C2[C]=C(N3CCC[C@@]3(C)c3nc4cc(C(F)(F)F)c(Cl)cc4[nH]3)C(C)=CC2)cc1. The lowest BCUT2D eigenvalue weighted by molar-refractivity contribution is -0.137. The number of H-pyrrole nitrogens is 1. The van der Waals surface area contributed by atoms with Gasteiger partial charge in [-0.3, -0.25) is 0 Å². The number of likely N-dealkylation sites (tertiary alicyclic amines) is 1. The Balaban J connectivity index is 1.52. The molecule has 2 aromatic carbocycles. The van der Waals surface area contributed by atoms with Gasteiger partial charge in [-0.05, 0) is 74.6 Å². The highest BCUT2D eigenvalue weighted by Gasteiger charge is 2.43. The van der Waals surface area contributed by atoms with Crippen molar-refractivity contribution >= 4 is 22.6 Å². The van der Waals surface area contributed by atoms with Crippen LogP contribution in [0.2, 0.25) is 5.02 Å². The molecule has 0 saturated carbocycles. The normalized spacial score (nSPS) is 22.9. The second kappa shape index (κ2) is 8.63. The van der Waals surface area contributed by atoms with Gasteiger partial charge in [-0.1, -0.05) is 29.8 Å². The first-order chi connectivity index (χ1) is 16.6. The number of aromatic nitrogens is 2. The Morgan fingerprint density at radius 3 is 2.66 bits per heavy atom. The molecule has 2 aliphatic rings. The maximum absolute atomic E-state index is 13.4. The van der Waals surface area contributed by atoms with E-state index >= 15 is 0 Å². The van der Waals surface area contributed by atoms with Crippen molar-refractivity contribution in [2.75, 3.05) is 13.7 Å². The fourth-order valence-corrected chi connectivity index (χ4v) is 5.42. The molecule has 1 unspecified atom stereocenters. The van der Waals surface area contributed by atoms with E-state index in [1.165, 1.54) is 6.07 Å². The third-order valence-electron chi connectivity index (χ3n) is 7.16. The van der Waals surface area contributed by atoms with E-state index in [4.69, 9.17) is 16.3 Å². The van der Waals surface area contributed by atoms with Crippen LogP contribution in [-0.2, 0) is 11.7 Å². The second-order valence-corrected chi connectivity index (χ2v) is 9.81. The Labute approximate surface area is 207 Å². The maximum Gasteiger partial charge on any atom is 0.417 e. The van der Waals surface area contributed by atoms with E-state index < -0.39 is 17.3 Å². The molecule has 1 radical (unpaired) electrons. The van der Waals surface area contributed by atoms with E-state index in [1.807, 2.05) is 12.1 Å². The molecule has 2 atom stereocenters. The maximum atomic E-state index is 13.4. The smallest absolute Gasteiger partial charge is 0.417 e. The van der Waals surface area contributed by atoms with Crippen molar-refractivity contribution in [3.05, 3.63) is 81.8 Å². The first-order valence-electron chi connectivity index (χ1n) is 11.6. The average molecular weight is 501 g/mol. The minimum atomic E-state index is -4.53. The van der Waals surface area contributed by atoms with E-state index in [0.29, 0.717) is 11.3 Å². The molecule has 1 aliphatic heterocycles. The van der Waals surface area contributed by atoms with Crippen molar-refractivity contribution in [3.8, 4) is 5.75 Å². The summed E-state index contributed by atoms with van der Waals surface area (Å²) in [5, 5.41) is -0.335. The molecule has 1 aromatic heterocycles. The number of imidazole rings is 1. The second-order valence-electron chi connectivity index (χ2n) is 9.40. The molecule has 35 heavy (non-hydrogen) atoms. The number of benzene rings is 2. The Morgan fingerprint density at radius 2 is 1.97 bits per heavy atom. The van der Waals surface area contributed by atoms with Crippen LogP contribution in [0.1, 0.15) is 56.0 Å². The van der Waals surface area contributed by atoms with E-state index in [0.717, 1.165) is 54.5 Å². The van der Waals surface area contributed by atoms with E-state index in [1.54, 1.807) is 7.11 Å². The monoisotopic (exact) mass is 500 g/mol. The highest BCUT2D eigenvalue weighted by Crippen LogP contribution is 2.45. The fraction of sp³-hybridized carbons (Fsp3) is 0.370. The predicted molar refractivity (Wildman–Crippen MR) is 130 cm³/mol. The number of alkyl halides is 3. The summed E-state index contributed by atoms with van der Waals surface area (Å²) in [5.74, 6) is 1.55. The van der Waals surface area contributed by atoms with Crippen molar-refractivity contribution in [1.82, 2.24) is 14.9 Å². The van der Waals surface area contributed by atoms with E-state index in [9.17, 15) is 13.2 Å². The molecule has 1 fully saturated rings. The number of allylic oxidation sites excluding steroid dienone is 3. The molecule has 3 aromatic rings. The lowest BCUT2D eigenvalue weighted by Crippen LogP contribution is -2.40. The van der Waals surface area contributed by atoms with Gasteiger partial charge in [0, 0.05) is 18.2 Å². The Bertz CT molecular complexity index is 1330. The van der Waals surface area contributed by atoms with Crippen LogP contribution in [0.4, 0.5) is 13.2 Å². The van der Waals surface area contributed by atoms with Crippen molar-refractivity contribution in [2.24, 2.45) is 0 Å². The number of rotatable bonds is 4. The first kappa shape index (κ1) is 23.8. The van der Waals surface area contributed by atoms with Crippen LogP contribution in [0, 0.1) is 6.08 Å².